The van der Waals surface area contributed by atoms with Crippen LogP contribution in [0.4, 0.5) is 0 Å². The summed E-state index contributed by atoms with van der Waals surface area (Å²) in [7, 11) is -2.25. The average Bonchev–Trinajstić information content (AvgIpc) is 3.91. The van der Waals surface area contributed by atoms with E-state index in [0.29, 0.717) is 0 Å². The second kappa shape index (κ2) is 24.2. The van der Waals surface area contributed by atoms with Gasteiger partial charge in [0.1, 0.15) is 0 Å². The van der Waals surface area contributed by atoms with Gasteiger partial charge in [-0.25, -0.2) is 30.6 Å². The minimum atomic E-state index is -1.12. The number of rotatable bonds is 6. The zero-order valence-corrected chi connectivity index (χ0v) is 29.5. The van der Waals surface area contributed by atoms with Crippen molar-refractivity contribution in [2.75, 3.05) is 26.4 Å². The molecular formula is C26H44B4Ca2N12O2. The Hall–Kier alpha value is -2.04. The van der Waals surface area contributed by atoms with Gasteiger partial charge in [0.25, 0.3) is 0 Å². The summed E-state index contributed by atoms with van der Waals surface area (Å²) in [4.78, 5) is 0. The maximum absolute atomic E-state index is 4.94. The Morgan fingerprint density at radius 2 is 0.565 bits per heavy atom. The van der Waals surface area contributed by atoms with Gasteiger partial charge in [-0.1, -0.05) is 16.8 Å². The van der Waals surface area contributed by atoms with E-state index in [1.807, 2.05) is 101 Å². The minimum absolute atomic E-state index is 0. The van der Waals surface area contributed by atoms with Gasteiger partial charge in [-0.15, -0.1) is 0 Å². The predicted octanol–water partition coefficient (Wildman–Crippen LogP) is -2.20. The summed E-state index contributed by atoms with van der Waals surface area (Å²) in [6.45, 7) is 4.00. The zero-order chi connectivity index (χ0) is 28.7. The maximum atomic E-state index is 4.94. The van der Waals surface area contributed by atoms with Crippen molar-refractivity contribution in [3.8, 4) is 0 Å². The van der Waals surface area contributed by atoms with E-state index >= 15 is 0 Å². The van der Waals surface area contributed by atoms with Crippen LogP contribution >= 0.6 is 0 Å². The molecule has 0 bridgehead atoms. The van der Waals surface area contributed by atoms with Gasteiger partial charge in [-0.2, -0.15) is 0 Å². The minimum Gasteiger partial charge on any atom is -0.403 e. The van der Waals surface area contributed by atoms with Crippen LogP contribution in [-0.2, 0) is 9.47 Å². The van der Waals surface area contributed by atoms with Gasteiger partial charge in [-0.05, 0) is 99.3 Å². The molecule has 0 spiro atoms. The first-order valence-electron chi connectivity index (χ1n) is 14.4. The molecule has 2 aliphatic heterocycles. The summed E-state index contributed by atoms with van der Waals surface area (Å²) in [5.74, 6) is 0. The van der Waals surface area contributed by atoms with Gasteiger partial charge < -0.3 is 37.0 Å². The topological polar surface area (TPSA) is 125 Å². The molecule has 8 rings (SSSR count). The molecule has 0 unspecified atom stereocenters. The fourth-order valence-electron chi connectivity index (χ4n) is 4.72. The second-order valence-corrected chi connectivity index (χ2v) is 9.76. The van der Waals surface area contributed by atoms with Crippen LogP contribution in [0.1, 0.15) is 25.7 Å². The van der Waals surface area contributed by atoms with Gasteiger partial charge in [-0.3, -0.25) is 0 Å². The Bertz CT molecular complexity index is 1160. The van der Waals surface area contributed by atoms with Crippen molar-refractivity contribution in [2.24, 2.45) is 0 Å². The van der Waals surface area contributed by atoms with Crippen LogP contribution in [0, 0.1) is 0 Å². The SMILES string of the molecule is C1CCOC1.C1CCOC1.[BH4-].[BH4-].[Ca+2].[Ca+2].c1cnn([BH-](n2cccn2)n2cccn2)c1.c1cnn([BH-](n2cccn2)n2cccn2)c1. The molecule has 0 aromatic carbocycles. The molecule has 0 aliphatic carbocycles. The molecule has 14 nitrogen and oxygen atoms in total. The van der Waals surface area contributed by atoms with Gasteiger partial charge in [0.15, 0.2) is 0 Å². The number of nitrogens with zero attached hydrogens (tertiary/aromatic N) is 12. The van der Waals surface area contributed by atoms with Gasteiger partial charge >= 0.3 is 89.7 Å². The Morgan fingerprint density at radius 3 is 0.674 bits per heavy atom. The van der Waals surface area contributed by atoms with E-state index in [4.69, 9.17) is 9.47 Å². The van der Waals surface area contributed by atoms with E-state index in [-0.39, 0.29) is 92.3 Å². The van der Waals surface area contributed by atoms with Gasteiger partial charge in [0, 0.05) is 63.6 Å². The van der Waals surface area contributed by atoms with E-state index in [2.05, 4.69) is 30.6 Å². The third kappa shape index (κ3) is 12.9. The summed E-state index contributed by atoms with van der Waals surface area (Å²) >= 11 is 0. The summed E-state index contributed by atoms with van der Waals surface area (Å²) < 4.78 is 21.1. The molecule has 0 saturated carbocycles. The molecule has 0 atom stereocenters. The Labute approximate surface area is 333 Å². The summed E-state index contributed by atoms with van der Waals surface area (Å²) in [5.41, 5.74) is 0. The van der Waals surface area contributed by atoms with Crippen molar-refractivity contribution in [3.05, 3.63) is 111 Å². The van der Waals surface area contributed by atoms with Crippen molar-refractivity contribution < 1.29 is 9.47 Å². The molecule has 8 heterocycles. The molecule has 236 valence electrons. The van der Waals surface area contributed by atoms with E-state index in [9.17, 15) is 0 Å². The first-order valence-corrected chi connectivity index (χ1v) is 14.4. The quantitative estimate of drug-likeness (QED) is 0.182. The molecule has 0 N–H and O–H groups in total. The van der Waals surface area contributed by atoms with Crippen LogP contribution in [0.3, 0.4) is 0 Å². The fraction of sp³-hybridized carbons (Fsp3) is 0.308. The first-order chi connectivity index (χ1) is 20.9. The smallest absolute Gasteiger partial charge is 0.403 e. The van der Waals surface area contributed by atoms with Crippen LogP contribution in [0.2, 0.25) is 0 Å². The Morgan fingerprint density at radius 1 is 0.370 bits per heavy atom. The zero-order valence-electron chi connectivity index (χ0n) is 25.1. The Kier molecular flexibility index (Phi) is 22.0. The first kappa shape index (κ1) is 42.0. The van der Waals surface area contributed by atoms with Crippen LogP contribution in [-0.4, -0.2) is 191 Å². The monoisotopic (exact) mass is 680 g/mol. The number of aromatic nitrogens is 12. The average molecular weight is 680 g/mol. The predicted molar refractivity (Wildman–Crippen MR) is 194 cm³/mol. The van der Waals surface area contributed by atoms with Gasteiger partial charge in [0.05, 0.1) is 0 Å². The van der Waals surface area contributed by atoms with Crippen molar-refractivity contribution in [1.29, 1.82) is 0 Å². The number of hydrogen-bond acceptors (Lipinski definition) is 8. The molecule has 46 heavy (non-hydrogen) atoms. The third-order valence-corrected chi connectivity index (χ3v) is 6.75. The molecule has 6 aromatic rings. The van der Waals surface area contributed by atoms with Crippen LogP contribution in [0.15, 0.2) is 111 Å². The van der Waals surface area contributed by atoms with Crippen LogP contribution in [0.5, 0.6) is 0 Å². The third-order valence-electron chi connectivity index (χ3n) is 6.75. The normalized spacial score (nSPS) is 12.9. The fourth-order valence-corrected chi connectivity index (χ4v) is 4.72. The molecular weight excluding hydrogens is 636 g/mol. The van der Waals surface area contributed by atoms with E-state index in [1.54, 1.807) is 37.2 Å². The largest absolute Gasteiger partial charge is 2.00 e. The van der Waals surface area contributed by atoms with E-state index in [1.165, 1.54) is 25.7 Å². The van der Waals surface area contributed by atoms with Crippen LogP contribution in [0.25, 0.3) is 0 Å². The Balaban J connectivity index is 0.000000332. The number of hydrogen-bond donors (Lipinski definition) is 0. The van der Waals surface area contributed by atoms with Crippen molar-refractivity contribution >= 4 is 107 Å². The summed E-state index contributed by atoms with van der Waals surface area (Å²) in [6, 6.07) is 11.4. The van der Waals surface area contributed by atoms with Crippen molar-refractivity contribution in [1.82, 2.24) is 58.1 Å². The van der Waals surface area contributed by atoms with Crippen molar-refractivity contribution in [2.45, 2.75) is 25.7 Å². The van der Waals surface area contributed by atoms with Crippen molar-refractivity contribution in [3.63, 3.8) is 0 Å². The molecule has 20 heteroatoms. The molecule has 0 amide bonds. The standard InChI is InChI=1S/2C9H10BN6.2C4H8O.2BH4.2Ca/c2*1-4-11-14(7-1)10(15-8-2-5-12-15)16-9-3-6-13-16;2*1-2-4-5-3-1;;;;/h2*1-10H;2*1-4H2;2*1H4;;/q2*-1;;;2*-1;2*+2. The molecule has 2 fully saturated rings. The molecule has 2 saturated heterocycles. The summed E-state index contributed by atoms with van der Waals surface area (Å²) in [6.07, 6.45) is 27.2. The molecule has 6 aromatic heterocycles. The summed E-state index contributed by atoms with van der Waals surface area (Å²) in [5, 5.41) is 25.6. The molecule has 0 radical (unpaired) electrons. The van der Waals surface area contributed by atoms with E-state index in [0.717, 1.165) is 26.4 Å². The van der Waals surface area contributed by atoms with E-state index < -0.39 is 14.2 Å². The second-order valence-electron chi connectivity index (χ2n) is 9.76. The molecule has 2 aliphatic rings. The van der Waals surface area contributed by atoms with Gasteiger partial charge in [0.2, 0.25) is 0 Å². The van der Waals surface area contributed by atoms with Crippen LogP contribution < -0.4 is 0 Å². The number of ether oxygens (including phenoxy) is 2. The maximum Gasteiger partial charge on any atom is 2.00 e.